The Balaban J connectivity index is 1.76. The van der Waals surface area contributed by atoms with E-state index in [1.165, 1.54) is 26.1 Å². The van der Waals surface area contributed by atoms with Crippen molar-refractivity contribution >= 4 is 17.6 Å². The molecule has 3 rings (SSSR count). The first-order chi connectivity index (χ1) is 16.8. The summed E-state index contributed by atoms with van der Waals surface area (Å²) >= 11 is 0. The van der Waals surface area contributed by atoms with Crippen LogP contribution in [0.1, 0.15) is 34.6 Å². The molecule has 3 aliphatic heterocycles. The van der Waals surface area contributed by atoms with Gasteiger partial charge in [0.25, 0.3) is 5.91 Å². The van der Waals surface area contributed by atoms with Crippen LogP contribution in [0, 0.1) is 17.8 Å². The van der Waals surface area contributed by atoms with Crippen LogP contribution in [0.5, 0.6) is 0 Å². The number of carbonyl (C=O) groups is 3. The Labute approximate surface area is 210 Å². The molecule has 8 atom stereocenters. The number of ether oxygens (including phenoxy) is 2. The van der Waals surface area contributed by atoms with Gasteiger partial charge in [-0.3, -0.25) is 14.4 Å². The molecule has 0 radical (unpaired) electrons. The van der Waals surface area contributed by atoms with Crippen LogP contribution in [0.4, 0.5) is 0 Å². The molecule has 36 heavy (non-hydrogen) atoms. The van der Waals surface area contributed by atoms with Crippen molar-refractivity contribution in [2.24, 2.45) is 17.8 Å². The Hall–Kier alpha value is -2.79. The number of nitrogens with one attached hydrogen (secondary N) is 2. The Bertz CT molecular complexity index is 1050. The molecule has 10 nitrogen and oxygen atoms in total. The van der Waals surface area contributed by atoms with Gasteiger partial charge in [0.15, 0.2) is 11.4 Å². The number of fused-ring (bicyclic) bond motifs is 2. The number of Topliss-reactive ketones (excluding diaryl/α,β-unsaturated/α-hetero) is 1. The van der Waals surface area contributed by atoms with Gasteiger partial charge in [-0.05, 0) is 26.0 Å². The van der Waals surface area contributed by atoms with Gasteiger partial charge >= 0.3 is 0 Å². The third kappa shape index (κ3) is 4.90. The van der Waals surface area contributed by atoms with Gasteiger partial charge in [0, 0.05) is 18.9 Å². The Kier molecular flexibility index (Phi) is 7.95. The first-order valence-corrected chi connectivity index (χ1v) is 12.0. The third-order valence-corrected chi connectivity index (χ3v) is 7.35. The molecule has 10 heteroatoms. The number of aliphatic hydroxyl groups is 3. The lowest BCUT2D eigenvalue weighted by Gasteiger charge is -2.54. The highest BCUT2D eigenvalue weighted by Gasteiger charge is 2.57. The molecule has 3 heterocycles. The standard InChI is InChI=1S/C26H36N2O8/c1-13(7-8-17(30)19-21(31)20(28-24(19)33)16(4)23(32)27-6)11-14(2)22-15(3)18-9-10-26(34,12-29)25(5,35-18)36-22/h7-11,14-16,18,20,22,29-30,34H,12H2,1-6H3,(H,27,32)(H,28,33). The summed E-state index contributed by atoms with van der Waals surface area (Å²) in [5, 5.41) is 35.9. The zero-order valence-electron chi connectivity index (χ0n) is 21.4. The van der Waals surface area contributed by atoms with Gasteiger partial charge in [0.2, 0.25) is 11.7 Å². The number of hydrogen-bond acceptors (Lipinski definition) is 8. The van der Waals surface area contributed by atoms with Crippen molar-refractivity contribution in [3.05, 3.63) is 47.3 Å². The number of ketones is 1. The van der Waals surface area contributed by atoms with E-state index in [1.54, 1.807) is 26.0 Å². The molecule has 0 aromatic heterocycles. The fourth-order valence-electron chi connectivity index (χ4n) is 4.93. The van der Waals surface area contributed by atoms with Crippen molar-refractivity contribution in [1.82, 2.24) is 10.6 Å². The van der Waals surface area contributed by atoms with E-state index in [1.807, 2.05) is 19.9 Å². The zero-order chi connectivity index (χ0) is 27.0. The minimum atomic E-state index is -1.67. The molecule has 198 valence electrons. The highest BCUT2D eigenvalue weighted by molar-refractivity contribution is 6.27. The highest BCUT2D eigenvalue weighted by atomic mass is 16.7. The maximum Gasteiger partial charge on any atom is 0.259 e. The van der Waals surface area contributed by atoms with Crippen LogP contribution in [0.25, 0.3) is 0 Å². The first-order valence-electron chi connectivity index (χ1n) is 12.0. The van der Waals surface area contributed by atoms with Crippen molar-refractivity contribution < 1.29 is 39.2 Å². The van der Waals surface area contributed by atoms with Crippen LogP contribution >= 0.6 is 0 Å². The summed E-state index contributed by atoms with van der Waals surface area (Å²) < 4.78 is 12.1. The van der Waals surface area contributed by atoms with E-state index < -0.39 is 53.3 Å². The van der Waals surface area contributed by atoms with Crippen LogP contribution in [-0.2, 0) is 23.9 Å². The fourth-order valence-corrected chi connectivity index (χ4v) is 4.93. The van der Waals surface area contributed by atoms with E-state index in [0.29, 0.717) is 0 Å². The predicted molar refractivity (Wildman–Crippen MR) is 130 cm³/mol. The van der Waals surface area contributed by atoms with Crippen LogP contribution in [0.15, 0.2) is 47.3 Å². The largest absolute Gasteiger partial charge is 0.507 e. The van der Waals surface area contributed by atoms with Crippen LogP contribution in [0.3, 0.4) is 0 Å². The second-order valence-electron chi connectivity index (χ2n) is 9.99. The molecule has 2 fully saturated rings. The van der Waals surface area contributed by atoms with E-state index in [9.17, 15) is 29.7 Å². The summed E-state index contributed by atoms with van der Waals surface area (Å²) in [4.78, 5) is 36.9. The number of aliphatic hydroxyl groups excluding tert-OH is 2. The van der Waals surface area contributed by atoms with E-state index in [4.69, 9.17) is 9.47 Å². The van der Waals surface area contributed by atoms with Gasteiger partial charge in [-0.2, -0.15) is 0 Å². The second-order valence-corrected chi connectivity index (χ2v) is 9.99. The first kappa shape index (κ1) is 27.8. The number of rotatable bonds is 7. The van der Waals surface area contributed by atoms with Crippen molar-refractivity contribution in [2.45, 2.75) is 64.3 Å². The average Bonchev–Trinajstić information content (AvgIpc) is 3.14. The van der Waals surface area contributed by atoms with Gasteiger partial charge in [-0.25, -0.2) is 0 Å². The maximum absolute atomic E-state index is 12.7. The van der Waals surface area contributed by atoms with E-state index in [-0.39, 0.29) is 29.6 Å². The molecule has 8 unspecified atom stereocenters. The van der Waals surface area contributed by atoms with Crippen molar-refractivity contribution in [3.63, 3.8) is 0 Å². The van der Waals surface area contributed by atoms with Crippen LogP contribution < -0.4 is 10.6 Å². The lowest BCUT2D eigenvalue weighted by Crippen LogP contribution is -2.66. The van der Waals surface area contributed by atoms with Crippen molar-refractivity contribution in [1.29, 1.82) is 0 Å². The van der Waals surface area contributed by atoms with Crippen molar-refractivity contribution in [2.75, 3.05) is 13.7 Å². The lowest BCUT2D eigenvalue weighted by atomic mass is 9.80. The molecule has 5 N–H and O–H groups in total. The fraction of sp³-hybridized carbons (Fsp3) is 0.577. The number of carbonyl (C=O) groups excluding carboxylic acids is 3. The normalized spacial score (nSPS) is 37.6. The summed E-state index contributed by atoms with van der Waals surface area (Å²) in [6.45, 7) is 8.30. The second kappa shape index (κ2) is 10.3. The van der Waals surface area contributed by atoms with Crippen LogP contribution in [0.2, 0.25) is 0 Å². The Morgan fingerprint density at radius 1 is 1.28 bits per heavy atom. The van der Waals surface area contributed by atoms with E-state index in [2.05, 4.69) is 10.6 Å². The molecule has 0 aliphatic carbocycles. The summed E-state index contributed by atoms with van der Waals surface area (Å²) in [7, 11) is 1.44. The molecule has 0 spiro atoms. The average molecular weight is 505 g/mol. The summed E-state index contributed by atoms with van der Waals surface area (Å²) in [6.07, 6.45) is 7.39. The third-order valence-electron chi connectivity index (χ3n) is 7.35. The minimum absolute atomic E-state index is 0.0461. The molecule has 2 amide bonds. The quantitative estimate of drug-likeness (QED) is 0.112. The smallest absolute Gasteiger partial charge is 0.259 e. The molecular formula is C26H36N2O8. The molecule has 0 saturated carbocycles. The van der Waals surface area contributed by atoms with Gasteiger partial charge < -0.3 is 35.4 Å². The predicted octanol–water partition coefficient (Wildman–Crippen LogP) is 0.816. The molecule has 0 aromatic carbocycles. The van der Waals surface area contributed by atoms with Crippen LogP contribution in [-0.4, -0.2) is 76.2 Å². The number of allylic oxidation sites excluding steroid dienone is 3. The number of amides is 2. The molecule has 3 aliphatic rings. The molecule has 2 bridgehead atoms. The zero-order valence-corrected chi connectivity index (χ0v) is 21.4. The minimum Gasteiger partial charge on any atom is -0.507 e. The van der Waals surface area contributed by atoms with E-state index in [0.717, 1.165) is 5.57 Å². The summed E-state index contributed by atoms with van der Waals surface area (Å²) in [6, 6.07) is -1.04. The van der Waals surface area contributed by atoms with Gasteiger partial charge in [0.1, 0.15) is 17.4 Å². The monoisotopic (exact) mass is 504 g/mol. The molecule has 0 aromatic rings. The summed E-state index contributed by atoms with van der Waals surface area (Å²) in [5.41, 5.74) is -1.31. The number of hydrogen-bond donors (Lipinski definition) is 5. The Morgan fingerprint density at radius 2 is 1.94 bits per heavy atom. The Morgan fingerprint density at radius 3 is 2.56 bits per heavy atom. The topological polar surface area (TPSA) is 154 Å². The van der Waals surface area contributed by atoms with Gasteiger partial charge in [0.05, 0.1) is 24.7 Å². The molecule has 2 saturated heterocycles. The lowest BCUT2D eigenvalue weighted by molar-refractivity contribution is -0.381. The highest BCUT2D eigenvalue weighted by Crippen LogP contribution is 2.44. The van der Waals surface area contributed by atoms with Gasteiger partial charge in [-0.1, -0.05) is 44.6 Å². The maximum atomic E-state index is 12.7. The SMILES string of the molecule is CNC(=O)C(C)C1NC(=O)C(=C(O)C=CC(C)=CC(C)C2OC3(C)OC(C=CC3(O)CO)C2C)C1=O. The van der Waals surface area contributed by atoms with Gasteiger partial charge in [-0.15, -0.1) is 0 Å². The summed E-state index contributed by atoms with van der Waals surface area (Å²) in [5.74, 6) is -4.64. The van der Waals surface area contributed by atoms with E-state index >= 15 is 0 Å². The van der Waals surface area contributed by atoms with Crippen molar-refractivity contribution in [3.8, 4) is 0 Å². The molecular weight excluding hydrogens is 468 g/mol.